The molecule has 8 heteroatoms. The van der Waals surface area contributed by atoms with Gasteiger partial charge in [-0.2, -0.15) is 0 Å². The molecule has 0 saturated carbocycles. The molecule has 0 radical (unpaired) electrons. The zero-order chi connectivity index (χ0) is 38.9. The Morgan fingerprint density at radius 3 is 1.57 bits per heavy atom. The van der Waals surface area contributed by atoms with Gasteiger partial charge in [-0.25, -0.2) is 4.79 Å². The maximum atomic E-state index is 12.4. The van der Waals surface area contributed by atoms with Crippen LogP contribution in [-0.2, 0) is 28.5 Å². The Morgan fingerprint density at radius 2 is 0.962 bits per heavy atom. The molecule has 0 spiro atoms. The summed E-state index contributed by atoms with van der Waals surface area (Å²) in [6.45, 7) is 6.40. The Bertz CT molecular complexity index is 888. The highest BCUT2D eigenvalue weighted by Gasteiger charge is 2.17. The van der Waals surface area contributed by atoms with Gasteiger partial charge in [-0.05, 0) is 84.7 Å². The predicted molar refractivity (Wildman–Crippen MR) is 220 cm³/mol. The van der Waals surface area contributed by atoms with Crippen LogP contribution in [0.3, 0.4) is 0 Å². The first-order chi connectivity index (χ1) is 25.9. The molecule has 0 aromatic rings. The van der Waals surface area contributed by atoms with Crippen molar-refractivity contribution < 1.29 is 33.3 Å². The van der Waals surface area contributed by atoms with Crippen LogP contribution in [0.25, 0.3) is 0 Å². The van der Waals surface area contributed by atoms with Crippen LogP contribution in [0.1, 0.15) is 200 Å². The van der Waals surface area contributed by atoms with Crippen LogP contribution in [0.2, 0.25) is 0 Å². The van der Waals surface area contributed by atoms with Crippen molar-refractivity contribution in [1.29, 1.82) is 0 Å². The maximum absolute atomic E-state index is 12.4. The minimum atomic E-state index is -0.636. The summed E-state index contributed by atoms with van der Waals surface area (Å²) in [5.41, 5.74) is 0. The standard InChI is InChI=1S/C45H83NO7/c1-5-7-9-11-12-13-14-15-16-17-18-19-23-27-31-36-44(48)51-41-37-42(53-45(49)52-40-33-38-46(3)4)34-29-26-22-20-21-24-28-32-39-50-43(47)35-30-25-10-8-6-2/h12-13,15-16,42H,5-11,14,17-41H2,1-4H3/b13-12+,16-15+. The fraction of sp³-hybridized carbons (Fsp3) is 0.844. The SMILES string of the molecule is CCCCC/C=C/C/C=C/CCCCCCCC(=O)OCCC(CCCCCCCCCCOC(=O)CCCCCCC)OC(=O)OCCCN(C)C. The highest BCUT2D eigenvalue weighted by Crippen LogP contribution is 2.16. The number of nitrogens with zero attached hydrogens (tertiary/aromatic N) is 1. The molecule has 0 aromatic carbocycles. The van der Waals surface area contributed by atoms with E-state index in [1.54, 1.807) is 0 Å². The normalized spacial score (nSPS) is 12.2. The van der Waals surface area contributed by atoms with Gasteiger partial charge in [0.05, 0.1) is 19.8 Å². The number of unbranched alkanes of at least 4 members (excludes halogenated alkanes) is 19. The van der Waals surface area contributed by atoms with Crippen molar-refractivity contribution in [3.05, 3.63) is 24.3 Å². The zero-order valence-electron chi connectivity index (χ0n) is 35.0. The minimum absolute atomic E-state index is 0.0491. The summed E-state index contributed by atoms with van der Waals surface area (Å²) in [7, 11) is 3.98. The molecule has 0 aliphatic heterocycles. The van der Waals surface area contributed by atoms with Crippen LogP contribution in [0.4, 0.5) is 4.79 Å². The molecule has 0 fully saturated rings. The van der Waals surface area contributed by atoms with Gasteiger partial charge < -0.3 is 23.8 Å². The third kappa shape index (κ3) is 40.7. The molecular formula is C45H83NO7. The first-order valence-electron chi connectivity index (χ1n) is 22.0. The quantitative estimate of drug-likeness (QED) is 0.0265. The monoisotopic (exact) mass is 750 g/mol. The number of hydrogen-bond donors (Lipinski definition) is 0. The second-order valence-corrected chi connectivity index (χ2v) is 15.0. The third-order valence-electron chi connectivity index (χ3n) is 9.43. The van der Waals surface area contributed by atoms with E-state index in [1.165, 1.54) is 70.6 Å². The van der Waals surface area contributed by atoms with Crippen molar-refractivity contribution in [3.63, 3.8) is 0 Å². The molecule has 310 valence electrons. The summed E-state index contributed by atoms with van der Waals surface area (Å²) < 4.78 is 21.9. The first kappa shape index (κ1) is 50.6. The second kappa shape index (κ2) is 40.8. The Hall–Kier alpha value is -2.35. The van der Waals surface area contributed by atoms with Gasteiger partial charge in [0.15, 0.2) is 0 Å². The van der Waals surface area contributed by atoms with Crippen molar-refractivity contribution in [2.75, 3.05) is 40.5 Å². The number of carbonyl (C=O) groups excluding carboxylic acids is 3. The summed E-state index contributed by atoms with van der Waals surface area (Å²) in [5, 5.41) is 0. The van der Waals surface area contributed by atoms with E-state index in [0.29, 0.717) is 32.5 Å². The van der Waals surface area contributed by atoms with Gasteiger partial charge in [0.2, 0.25) is 0 Å². The minimum Gasteiger partial charge on any atom is -0.466 e. The lowest BCUT2D eigenvalue weighted by Crippen LogP contribution is -2.23. The molecule has 0 amide bonds. The van der Waals surface area contributed by atoms with E-state index in [4.69, 9.17) is 18.9 Å². The topological polar surface area (TPSA) is 91.4 Å². The summed E-state index contributed by atoms with van der Waals surface area (Å²) in [6, 6.07) is 0. The molecule has 1 unspecified atom stereocenters. The molecule has 0 aliphatic rings. The number of rotatable bonds is 39. The molecule has 0 N–H and O–H groups in total. The molecule has 0 aliphatic carbocycles. The van der Waals surface area contributed by atoms with Crippen molar-refractivity contribution in [2.24, 2.45) is 0 Å². The largest absolute Gasteiger partial charge is 0.508 e. The molecule has 0 heterocycles. The number of ether oxygens (including phenoxy) is 4. The van der Waals surface area contributed by atoms with E-state index in [1.807, 2.05) is 14.1 Å². The van der Waals surface area contributed by atoms with Gasteiger partial charge in [-0.1, -0.05) is 134 Å². The molecule has 0 bridgehead atoms. The van der Waals surface area contributed by atoms with E-state index in [-0.39, 0.29) is 24.6 Å². The molecule has 0 saturated heterocycles. The Labute approximate surface area is 326 Å². The van der Waals surface area contributed by atoms with E-state index in [2.05, 4.69) is 43.1 Å². The highest BCUT2D eigenvalue weighted by molar-refractivity contribution is 5.69. The number of esters is 2. The van der Waals surface area contributed by atoms with Crippen LogP contribution in [0, 0.1) is 0 Å². The van der Waals surface area contributed by atoms with E-state index in [9.17, 15) is 14.4 Å². The fourth-order valence-electron chi connectivity index (χ4n) is 6.09. The summed E-state index contributed by atoms with van der Waals surface area (Å²) in [5.74, 6) is -0.219. The summed E-state index contributed by atoms with van der Waals surface area (Å²) >= 11 is 0. The molecule has 0 aromatic heterocycles. The Balaban J connectivity index is 4.10. The lowest BCUT2D eigenvalue weighted by atomic mass is 10.0. The molecule has 8 nitrogen and oxygen atoms in total. The van der Waals surface area contributed by atoms with Gasteiger partial charge in [0.1, 0.15) is 6.10 Å². The van der Waals surface area contributed by atoms with E-state index in [0.717, 1.165) is 103 Å². The van der Waals surface area contributed by atoms with E-state index >= 15 is 0 Å². The van der Waals surface area contributed by atoms with Gasteiger partial charge >= 0.3 is 18.1 Å². The Kier molecular flexibility index (Phi) is 39.0. The third-order valence-corrected chi connectivity index (χ3v) is 9.43. The molecule has 0 rings (SSSR count). The van der Waals surface area contributed by atoms with Crippen molar-refractivity contribution >= 4 is 18.1 Å². The number of carbonyl (C=O) groups is 3. The van der Waals surface area contributed by atoms with E-state index < -0.39 is 6.16 Å². The van der Waals surface area contributed by atoms with Crippen LogP contribution in [-0.4, -0.2) is 69.6 Å². The van der Waals surface area contributed by atoms with Crippen LogP contribution in [0.5, 0.6) is 0 Å². The van der Waals surface area contributed by atoms with Crippen molar-refractivity contribution in [2.45, 2.75) is 206 Å². The smallest absolute Gasteiger partial charge is 0.466 e. The maximum Gasteiger partial charge on any atom is 0.508 e. The zero-order valence-corrected chi connectivity index (χ0v) is 35.0. The molecule has 53 heavy (non-hydrogen) atoms. The van der Waals surface area contributed by atoms with Crippen molar-refractivity contribution in [3.8, 4) is 0 Å². The van der Waals surface area contributed by atoms with Crippen LogP contribution >= 0.6 is 0 Å². The van der Waals surface area contributed by atoms with Crippen molar-refractivity contribution in [1.82, 2.24) is 4.90 Å². The van der Waals surface area contributed by atoms with Gasteiger partial charge in [-0.3, -0.25) is 9.59 Å². The number of allylic oxidation sites excluding steroid dienone is 4. The lowest BCUT2D eigenvalue weighted by molar-refractivity contribution is -0.145. The summed E-state index contributed by atoms with van der Waals surface area (Å²) in [6.07, 6.45) is 38.2. The van der Waals surface area contributed by atoms with Crippen LogP contribution < -0.4 is 0 Å². The summed E-state index contributed by atoms with van der Waals surface area (Å²) in [4.78, 5) is 38.6. The average Bonchev–Trinajstić information content (AvgIpc) is 3.13. The molecule has 1 atom stereocenters. The average molecular weight is 750 g/mol. The number of hydrogen-bond acceptors (Lipinski definition) is 8. The van der Waals surface area contributed by atoms with Gasteiger partial charge in [0.25, 0.3) is 0 Å². The van der Waals surface area contributed by atoms with Gasteiger partial charge in [-0.15, -0.1) is 0 Å². The first-order valence-corrected chi connectivity index (χ1v) is 22.0. The lowest BCUT2D eigenvalue weighted by Gasteiger charge is -2.18. The highest BCUT2D eigenvalue weighted by atomic mass is 16.7. The second-order valence-electron chi connectivity index (χ2n) is 15.0. The van der Waals surface area contributed by atoms with Crippen LogP contribution in [0.15, 0.2) is 24.3 Å². The fourth-order valence-corrected chi connectivity index (χ4v) is 6.09. The Morgan fingerprint density at radius 1 is 0.491 bits per heavy atom. The van der Waals surface area contributed by atoms with Gasteiger partial charge in [0, 0.05) is 25.8 Å². The predicted octanol–water partition coefficient (Wildman–Crippen LogP) is 12.6. The molecular weight excluding hydrogens is 666 g/mol.